The summed E-state index contributed by atoms with van der Waals surface area (Å²) in [4.78, 5) is 48.9. The van der Waals surface area contributed by atoms with Crippen molar-refractivity contribution in [2.75, 3.05) is 13.3 Å². The second kappa shape index (κ2) is 18.8. The van der Waals surface area contributed by atoms with Gasteiger partial charge in [0.1, 0.15) is 19.0 Å². The van der Waals surface area contributed by atoms with Crippen molar-refractivity contribution < 1.29 is 29.0 Å². The van der Waals surface area contributed by atoms with Gasteiger partial charge in [-0.2, -0.15) is 0 Å². The Kier molecular flexibility index (Phi) is 14.0. The lowest BCUT2D eigenvalue weighted by molar-refractivity contribution is -0.125. The Balaban J connectivity index is 1.44. The number of benzene rings is 2. The highest BCUT2D eigenvalue weighted by molar-refractivity contribution is 5.86. The minimum absolute atomic E-state index is 0.0364. The van der Waals surface area contributed by atoms with Gasteiger partial charge in [0.25, 0.3) is 0 Å². The van der Waals surface area contributed by atoms with Gasteiger partial charge in [0.15, 0.2) is 6.73 Å². The Hall–Kier alpha value is -5.23. The van der Waals surface area contributed by atoms with E-state index in [0.29, 0.717) is 24.9 Å². The summed E-state index contributed by atoms with van der Waals surface area (Å²) in [6.07, 6.45) is 10.3. The molecule has 4 atom stereocenters. The number of aliphatic hydroxyl groups excluding tert-OH is 1. The van der Waals surface area contributed by atoms with E-state index in [1.54, 1.807) is 12.4 Å². The number of allylic oxidation sites excluding steroid dienone is 2. The van der Waals surface area contributed by atoms with Crippen LogP contribution in [0.3, 0.4) is 0 Å². The Morgan fingerprint density at radius 1 is 0.833 bits per heavy atom. The largest absolute Gasteiger partial charge is 0.445 e. The van der Waals surface area contributed by atoms with E-state index in [1.165, 1.54) is 6.33 Å². The van der Waals surface area contributed by atoms with E-state index in [1.807, 2.05) is 104 Å². The molecule has 48 heavy (non-hydrogen) atoms. The zero-order valence-electron chi connectivity index (χ0n) is 27.3. The van der Waals surface area contributed by atoms with Crippen LogP contribution < -0.4 is 16.0 Å². The topological polar surface area (TPSA) is 155 Å². The van der Waals surface area contributed by atoms with E-state index in [-0.39, 0.29) is 25.7 Å². The lowest BCUT2D eigenvalue weighted by atomic mass is 9.93. The van der Waals surface area contributed by atoms with E-state index in [9.17, 15) is 19.5 Å². The van der Waals surface area contributed by atoms with Crippen molar-refractivity contribution in [1.82, 2.24) is 30.8 Å². The normalized spacial score (nSPS) is 14.8. The molecule has 4 rings (SSSR count). The quantitative estimate of drug-likeness (QED) is 0.180. The number of nitrogens with zero attached hydrogens (tertiary/aromatic N) is 3. The summed E-state index contributed by atoms with van der Waals surface area (Å²) in [5, 5.41) is 20.2. The van der Waals surface area contributed by atoms with E-state index >= 15 is 0 Å². The molecule has 1 aromatic heterocycles. The van der Waals surface area contributed by atoms with Crippen molar-refractivity contribution in [3.8, 4) is 0 Å². The van der Waals surface area contributed by atoms with Crippen LogP contribution in [0, 0.1) is 5.92 Å². The smallest absolute Gasteiger partial charge is 0.409 e. The van der Waals surface area contributed by atoms with Crippen molar-refractivity contribution in [3.63, 3.8) is 0 Å². The van der Waals surface area contributed by atoms with Crippen LogP contribution in [-0.4, -0.2) is 75.6 Å². The maximum absolute atomic E-state index is 13.7. The van der Waals surface area contributed by atoms with Crippen LogP contribution in [0.1, 0.15) is 37.0 Å². The van der Waals surface area contributed by atoms with Crippen LogP contribution in [-0.2, 0) is 33.7 Å². The third-order valence-corrected chi connectivity index (χ3v) is 7.72. The molecule has 0 radical (unpaired) electrons. The standard InChI is InChI=1S/C36H44N6O6/c1-26(2)33(41-36(46)48-25-42-16-10-5-11-17-42)34(44)39-30(18-27-12-6-3-7-13-27)20-32(43)31(19-28-14-8-4-9-15-28)40-35(45)47-23-29-21-37-24-38-22-29/h3-16,21-22,24,26,30-33,43H,17-20,23,25H2,1-2H3,(H,39,44)(H,40,45)(H,41,46)/t30-,31-,32-,33-/m0/s1. The molecule has 3 amide bonds. The Bertz CT molecular complexity index is 1490. The van der Waals surface area contributed by atoms with Gasteiger partial charge in [0, 0.05) is 36.7 Å². The highest BCUT2D eigenvalue weighted by atomic mass is 16.6. The highest BCUT2D eigenvalue weighted by Crippen LogP contribution is 2.15. The molecule has 0 saturated heterocycles. The summed E-state index contributed by atoms with van der Waals surface area (Å²) >= 11 is 0. The van der Waals surface area contributed by atoms with Crippen LogP contribution in [0.4, 0.5) is 9.59 Å². The fraction of sp³-hybridized carbons (Fsp3) is 0.361. The molecule has 0 spiro atoms. The first-order chi connectivity index (χ1) is 23.3. The van der Waals surface area contributed by atoms with Crippen LogP contribution in [0.2, 0.25) is 0 Å². The first kappa shape index (κ1) is 35.6. The number of hydrogen-bond acceptors (Lipinski definition) is 9. The molecule has 12 heteroatoms. The molecule has 0 unspecified atom stereocenters. The molecule has 0 saturated carbocycles. The van der Waals surface area contributed by atoms with Crippen LogP contribution in [0.15, 0.2) is 104 Å². The molecule has 0 fully saturated rings. The number of carbonyl (C=O) groups excluding carboxylic acids is 3. The van der Waals surface area contributed by atoms with Gasteiger partial charge in [-0.05, 0) is 42.4 Å². The first-order valence-corrected chi connectivity index (χ1v) is 16.0. The molecule has 1 aliphatic rings. The van der Waals surface area contributed by atoms with E-state index in [2.05, 4.69) is 25.9 Å². The number of nitrogens with one attached hydrogen (secondary N) is 3. The highest BCUT2D eigenvalue weighted by Gasteiger charge is 2.30. The zero-order chi connectivity index (χ0) is 34.1. The predicted octanol–water partition coefficient (Wildman–Crippen LogP) is 3.89. The molecule has 0 aliphatic carbocycles. The van der Waals surface area contributed by atoms with Gasteiger partial charge >= 0.3 is 12.2 Å². The summed E-state index contributed by atoms with van der Waals surface area (Å²) in [6.45, 7) is 4.28. The van der Waals surface area contributed by atoms with Gasteiger partial charge in [0.2, 0.25) is 5.91 Å². The second-order valence-corrected chi connectivity index (χ2v) is 11.9. The van der Waals surface area contributed by atoms with E-state index in [0.717, 1.165) is 11.1 Å². The number of aromatic nitrogens is 2. The van der Waals surface area contributed by atoms with Gasteiger partial charge in [0.05, 0.1) is 12.1 Å². The van der Waals surface area contributed by atoms with Crippen molar-refractivity contribution in [2.24, 2.45) is 5.92 Å². The molecule has 1 aliphatic heterocycles. The van der Waals surface area contributed by atoms with Crippen molar-refractivity contribution in [3.05, 3.63) is 121 Å². The fourth-order valence-electron chi connectivity index (χ4n) is 5.18. The number of rotatable bonds is 16. The number of hydrogen-bond donors (Lipinski definition) is 4. The number of amides is 3. The average molecular weight is 657 g/mol. The van der Waals surface area contributed by atoms with Gasteiger partial charge < -0.3 is 35.4 Å². The lowest BCUT2D eigenvalue weighted by Crippen LogP contribution is -2.54. The van der Waals surface area contributed by atoms with Gasteiger partial charge in [-0.3, -0.25) is 4.79 Å². The maximum atomic E-state index is 13.7. The van der Waals surface area contributed by atoms with E-state index in [4.69, 9.17) is 9.47 Å². The van der Waals surface area contributed by atoms with Crippen LogP contribution in [0.25, 0.3) is 0 Å². The number of carbonyl (C=O) groups is 3. The Morgan fingerprint density at radius 2 is 1.48 bits per heavy atom. The van der Waals surface area contributed by atoms with Gasteiger partial charge in [-0.1, -0.05) is 86.7 Å². The van der Waals surface area contributed by atoms with Crippen LogP contribution in [0.5, 0.6) is 0 Å². The minimum Gasteiger partial charge on any atom is -0.445 e. The minimum atomic E-state index is -1.08. The number of alkyl carbamates (subject to hydrolysis) is 2. The van der Waals surface area contributed by atoms with Crippen molar-refractivity contribution in [2.45, 2.75) is 63.9 Å². The molecule has 2 heterocycles. The van der Waals surface area contributed by atoms with Crippen molar-refractivity contribution >= 4 is 18.1 Å². The maximum Gasteiger partial charge on any atom is 0.409 e. The molecular formula is C36H44N6O6. The van der Waals surface area contributed by atoms with E-state index < -0.39 is 42.3 Å². The Labute approximate surface area is 281 Å². The predicted molar refractivity (Wildman–Crippen MR) is 180 cm³/mol. The van der Waals surface area contributed by atoms with Gasteiger partial charge in [-0.25, -0.2) is 19.6 Å². The molecule has 2 aromatic carbocycles. The fourth-order valence-corrected chi connectivity index (χ4v) is 5.18. The summed E-state index contributed by atoms with van der Waals surface area (Å²) < 4.78 is 10.8. The summed E-state index contributed by atoms with van der Waals surface area (Å²) in [5.74, 6) is -0.664. The molecule has 254 valence electrons. The molecule has 4 N–H and O–H groups in total. The Morgan fingerprint density at radius 3 is 2.10 bits per heavy atom. The molecule has 12 nitrogen and oxygen atoms in total. The summed E-state index contributed by atoms with van der Waals surface area (Å²) in [5.41, 5.74) is 2.47. The SMILES string of the molecule is CC(C)[C@H](NC(=O)OCN1C=CC=CC1)C(=O)N[C@@H](Cc1ccccc1)C[C@H](O)[C@H](Cc1ccccc1)NC(=O)OCc1cncnc1. The van der Waals surface area contributed by atoms with Crippen molar-refractivity contribution in [1.29, 1.82) is 0 Å². The lowest BCUT2D eigenvalue weighted by Gasteiger charge is -2.30. The molecular weight excluding hydrogens is 612 g/mol. The molecule has 0 bridgehead atoms. The van der Waals surface area contributed by atoms with Gasteiger partial charge in [-0.15, -0.1) is 0 Å². The summed E-state index contributed by atoms with van der Waals surface area (Å²) in [7, 11) is 0. The first-order valence-electron chi connectivity index (χ1n) is 16.0. The second-order valence-electron chi connectivity index (χ2n) is 11.9. The zero-order valence-corrected chi connectivity index (χ0v) is 27.3. The van der Waals surface area contributed by atoms with Crippen LogP contribution >= 0.6 is 0 Å². The third kappa shape index (κ3) is 12.2. The number of aliphatic hydroxyl groups is 1. The monoisotopic (exact) mass is 656 g/mol. The molecule has 3 aromatic rings. The summed E-state index contributed by atoms with van der Waals surface area (Å²) in [6, 6.07) is 16.9. The number of ether oxygens (including phenoxy) is 2. The average Bonchev–Trinajstić information content (AvgIpc) is 3.10. The third-order valence-electron chi connectivity index (χ3n) is 7.72.